The van der Waals surface area contributed by atoms with E-state index in [1.807, 2.05) is 12.1 Å². The molecule has 3 nitrogen and oxygen atoms in total. The minimum atomic E-state index is 0.265. The highest BCUT2D eigenvalue weighted by Gasteiger charge is 2.28. The maximum atomic E-state index is 5.80. The predicted octanol–water partition coefficient (Wildman–Crippen LogP) is 2.45. The third-order valence-electron chi connectivity index (χ3n) is 3.80. The van der Waals surface area contributed by atoms with Gasteiger partial charge in [-0.05, 0) is 44.9 Å². The fraction of sp³-hybridized carbons (Fsp3) is 0.625. The molecule has 1 aliphatic heterocycles. The van der Waals surface area contributed by atoms with Gasteiger partial charge in [0.2, 0.25) is 0 Å². The van der Waals surface area contributed by atoms with Gasteiger partial charge in [-0.3, -0.25) is 4.90 Å². The molecule has 0 spiro atoms. The van der Waals surface area contributed by atoms with Gasteiger partial charge in [0.15, 0.2) is 0 Å². The second kappa shape index (κ2) is 6.40. The van der Waals surface area contributed by atoms with E-state index >= 15 is 0 Å². The highest BCUT2D eigenvalue weighted by Crippen LogP contribution is 2.17. The molecule has 0 aliphatic carbocycles. The van der Waals surface area contributed by atoms with Crippen LogP contribution in [0.1, 0.15) is 25.8 Å². The van der Waals surface area contributed by atoms with Crippen molar-refractivity contribution in [2.24, 2.45) is 0 Å². The fourth-order valence-corrected chi connectivity index (χ4v) is 2.59. The van der Waals surface area contributed by atoms with Crippen molar-refractivity contribution in [3.05, 3.63) is 29.8 Å². The normalized spacial score (nSPS) is 19.3. The molecule has 0 bridgehead atoms. The van der Waals surface area contributed by atoms with Crippen LogP contribution in [0, 0.1) is 6.92 Å². The van der Waals surface area contributed by atoms with Crippen LogP contribution in [0.2, 0.25) is 0 Å². The van der Waals surface area contributed by atoms with Gasteiger partial charge in [-0.15, -0.1) is 0 Å². The van der Waals surface area contributed by atoms with Crippen molar-refractivity contribution in [1.82, 2.24) is 10.2 Å². The molecule has 2 rings (SSSR count). The number of benzene rings is 1. The Morgan fingerprint density at radius 2 is 2.21 bits per heavy atom. The zero-order chi connectivity index (χ0) is 13.7. The van der Waals surface area contributed by atoms with Gasteiger partial charge in [0.05, 0.1) is 6.61 Å². The van der Waals surface area contributed by atoms with Gasteiger partial charge in [-0.25, -0.2) is 0 Å². The predicted molar refractivity (Wildman–Crippen MR) is 79.8 cm³/mol. The number of hydrogen-bond donors (Lipinski definition) is 1. The van der Waals surface area contributed by atoms with E-state index in [9.17, 15) is 0 Å². The lowest BCUT2D eigenvalue weighted by molar-refractivity contribution is 0.0842. The average Bonchev–Trinajstić information content (AvgIpc) is 2.36. The highest BCUT2D eigenvalue weighted by atomic mass is 16.5. The Hall–Kier alpha value is -1.06. The Bertz CT molecular complexity index is 403. The molecule has 106 valence electrons. The first kappa shape index (κ1) is 14.4. The minimum Gasteiger partial charge on any atom is -0.494 e. The van der Waals surface area contributed by atoms with Crippen LogP contribution in [-0.4, -0.2) is 43.2 Å². The molecule has 0 aromatic heterocycles. The van der Waals surface area contributed by atoms with Gasteiger partial charge in [0, 0.05) is 31.7 Å². The quantitative estimate of drug-likeness (QED) is 0.825. The first-order chi connectivity index (χ1) is 9.08. The molecule has 1 aromatic rings. The highest BCUT2D eigenvalue weighted by molar-refractivity contribution is 5.27. The maximum absolute atomic E-state index is 5.80. The van der Waals surface area contributed by atoms with Gasteiger partial charge in [-0.1, -0.05) is 12.1 Å². The van der Waals surface area contributed by atoms with Crippen LogP contribution in [0.25, 0.3) is 0 Å². The van der Waals surface area contributed by atoms with Crippen molar-refractivity contribution in [3.8, 4) is 5.75 Å². The van der Waals surface area contributed by atoms with E-state index in [4.69, 9.17) is 4.74 Å². The summed E-state index contributed by atoms with van der Waals surface area (Å²) in [7, 11) is 0. The number of hydrogen-bond acceptors (Lipinski definition) is 3. The van der Waals surface area contributed by atoms with Crippen LogP contribution >= 0.6 is 0 Å². The summed E-state index contributed by atoms with van der Waals surface area (Å²) in [5.74, 6) is 0.986. The monoisotopic (exact) mass is 262 g/mol. The number of nitrogens with zero attached hydrogens (tertiary/aromatic N) is 1. The Morgan fingerprint density at radius 1 is 1.37 bits per heavy atom. The van der Waals surface area contributed by atoms with Crippen molar-refractivity contribution in [2.75, 3.05) is 32.8 Å². The van der Waals surface area contributed by atoms with Crippen LogP contribution in [0.5, 0.6) is 5.75 Å². The van der Waals surface area contributed by atoms with E-state index in [1.165, 1.54) is 5.56 Å². The molecule has 0 unspecified atom stereocenters. The van der Waals surface area contributed by atoms with E-state index in [1.54, 1.807) is 0 Å². The van der Waals surface area contributed by atoms with Gasteiger partial charge >= 0.3 is 0 Å². The summed E-state index contributed by atoms with van der Waals surface area (Å²) in [5.41, 5.74) is 1.52. The molecule has 1 aromatic carbocycles. The van der Waals surface area contributed by atoms with Crippen molar-refractivity contribution in [3.63, 3.8) is 0 Å². The molecule has 1 N–H and O–H groups in total. The minimum absolute atomic E-state index is 0.265. The van der Waals surface area contributed by atoms with Crippen molar-refractivity contribution < 1.29 is 4.74 Å². The van der Waals surface area contributed by atoms with E-state index in [0.717, 1.165) is 45.0 Å². The lowest BCUT2D eigenvalue weighted by Crippen LogP contribution is -2.58. The molecule has 1 aliphatic rings. The third-order valence-corrected chi connectivity index (χ3v) is 3.80. The summed E-state index contributed by atoms with van der Waals surface area (Å²) in [4.78, 5) is 2.56. The summed E-state index contributed by atoms with van der Waals surface area (Å²) in [6.07, 6.45) is 1.08. The smallest absolute Gasteiger partial charge is 0.119 e. The molecule has 1 fully saturated rings. The Morgan fingerprint density at radius 3 is 2.95 bits per heavy atom. The van der Waals surface area contributed by atoms with Crippen LogP contribution in [0.3, 0.4) is 0 Å². The number of piperazine rings is 1. The second-order valence-corrected chi connectivity index (χ2v) is 5.99. The van der Waals surface area contributed by atoms with Crippen LogP contribution in [0.15, 0.2) is 24.3 Å². The molecule has 0 amide bonds. The number of rotatable bonds is 5. The zero-order valence-electron chi connectivity index (χ0n) is 12.4. The first-order valence-corrected chi connectivity index (χ1v) is 7.23. The standard InChI is InChI=1S/C16H26N2O/c1-14-6-4-7-15(12-14)19-11-5-9-18-10-8-17-13-16(18,2)3/h4,6-7,12,17H,5,8-11,13H2,1-3H3. The fourth-order valence-electron chi connectivity index (χ4n) is 2.59. The van der Waals surface area contributed by atoms with Gasteiger partial charge in [0.25, 0.3) is 0 Å². The third kappa shape index (κ3) is 4.22. The molecule has 1 saturated heterocycles. The molecular weight excluding hydrogens is 236 g/mol. The number of nitrogens with one attached hydrogen (secondary N) is 1. The number of aryl methyl sites for hydroxylation is 1. The van der Waals surface area contributed by atoms with E-state index in [-0.39, 0.29) is 5.54 Å². The van der Waals surface area contributed by atoms with Gasteiger partial charge < -0.3 is 10.1 Å². The Balaban J connectivity index is 1.72. The van der Waals surface area contributed by atoms with Gasteiger partial charge in [-0.2, -0.15) is 0 Å². The SMILES string of the molecule is Cc1cccc(OCCCN2CCNCC2(C)C)c1. The summed E-state index contributed by atoms with van der Waals surface area (Å²) in [6.45, 7) is 11.9. The van der Waals surface area contributed by atoms with E-state index in [0.29, 0.717) is 0 Å². The summed E-state index contributed by atoms with van der Waals surface area (Å²) < 4.78 is 5.80. The second-order valence-electron chi connectivity index (χ2n) is 5.99. The van der Waals surface area contributed by atoms with E-state index < -0.39 is 0 Å². The lowest BCUT2D eigenvalue weighted by Gasteiger charge is -2.42. The summed E-state index contributed by atoms with van der Waals surface area (Å²) in [6, 6.07) is 8.26. The molecule has 0 radical (unpaired) electrons. The first-order valence-electron chi connectivity index (χ1n) is 7.23. The van der Waals surface area contributed by atoms with Crippen LogP contribution in [0.4, 0.5) is 0 Å². The average molecular weight is 262 g/mol. The molecule has 19 heavy (non-hydrogen) atoms. The molecule has 3 heteroatoms. The molecular formula is C16H26N2O. The van der Waals surface area contributed by atoms with Crippen molar-refractivity contribution in [2.45, 2.75) is 32.7 Å². The lowest BCUT2D eigenvalue weighted by atomic mass is 10.00. The summed E-state index contributed by atoms with van der Waals surface area (Å²) in [5, 5.41) is 3.45. The van der Waals surface area contributed by atoms with Gasteiger partial charge in [0.1, 0.15) is 5.75 Å². The van der Waals surface area contributed by atoms with Crippen molar-refractivity contribution >= 4 is 0 Å². The maximum Gasteiger partial charge on any atom is 0.119 e. The zero-order valence-corrected chi connectivity index (χ0v) is 12.4. The van der Waals surface area contributed by atoms with Crippen molar-refractivity contribution in [1.29, 1.82) is 0 Å². The Kier molecular flexibility index (Phi) is 4.83. The topological polar surface area (TPSA) is 24.5 Å². The molecule has 1 heterocycles. The summed E-state index contributed by atoms with van der Waals surface area (Å²) >= 11 is 0. The van der Waals surface area contributed by atoms with Crippen LogP contribution < -0.4 is 10.1 Å². The van der Waals surface area contributed by atoms with Crippen LogP contribution in [-0.2, 0) is 0 Å². The van der Waals surface area contributed by atoms with E-state index in [2.05, 4.69) is 43.1 Å². The molecule has 0 atom stereocenters. The largest absolute Gasteiger partial charge is 0.494 e. The molecule has 0 saturated carbocycles. The number of ether oxygens (including phenoxy) is 1. The Labute approximate surface area is 116 Å².